The van der Waals surface area contributed by atoms with Gasteiger partial charge in [-0.05, 0) is 25.2 Å². The Morgan fingerprint density at radius 1 is 1.62 bits per heavy atom. The van der Waals surface area contributed by atoms with Crippen LogP contribution in [0.1, 0.15) is 0 Å². The summed E-state index contributed by atoms with van der Waals surface area (Å²) < 4.78 is 19.8. The topological polar surface area (TPSA) is 80.7 Å². The minimum absolute atomic E-state index is 0.259. The summed E-state index contributed by atoms with van der Waals surface area (Å²) in [6.45, 7) is 5.81. The van der Waals surface area contributed by atoms with Crippen LogP contribution in [0, 0.1) is 11.2 Å². The lowest BCUT2D eigenvalue weighted by Gasteiger charge is -2.21. The Kier molecular flexibility index (Phi) is 7.38. The van der Waals surface area contributed by atoms with E-state index in [9.17, 15) is 9.18 Å². The molecule has 0 saturated carbocycles. The number of nitrogens with one attached hydrogen (secondary N) is 3. The zero-order chi connectivity index (χ0) is 19.1. The van der Waals surface area contributed by atoms with E-state index in [2.05, 4.69) is 17.2 Å². The van der Waals surface area contributed by atoms with E-state index in [1.807, 2.05) is 0 Å². The molecule has 1 unspecified atom stereocenters. The van der Waals surface area contributed by atoms with Crippen LogP contribution in [-0.2, 0) is 4.74 Å². The summed E-state index contributed by atoms with van der Waals surface area (Å²) in [5.41, 5.74) is 0.686. The van der Waals surface area contributed by atoms with Gasteiger partial charge in [0, 0.05) is 31.2 Å². The molecule has 142 valence electrons. The summed E-state index contributed by atoms with van der Waals surface area (Å²) in [6.07, 6.45) is 0.297. The lowest BCUT2D eigenvalue weighted by Crippen LogP contribution is -2.32. The van der Waals surface area contributed by atoms with E-state index in [1.54, 1.807) is 19.2 Å². The number of halogens is 2. The average molecular weight is 384 g/mol. The highest BCUT2D eigenvalue weighted by molar-refractivity contribution is 6.29. The molecule has 3 N–H and O–H groups in total. The van der Waals surface area contributed by atoms with Crippen molar-refractivity contribution >= 4 is 35.4 Å². The number of ether oxygens (including phenoxy) is 1. The maximum atomic E-state index is 14.6. The third-order valence-corrected chi connectivity index (χ3v) is 3.99. The number of likely N-dealkylation sites (N-methyl/N-ethyl adjacent to an activating group) is 1. The Labute approximate surface area is 157 Å². The number of benzene rings is 1. The van der Waals surface area contributed by atoms with Crippen LogP contribution in [-0.4, -0.2) is 58.3 Å². The van der Waals surface area contributed by atoms with Crippen molar-refractivity contribution in [2.45, 2.75) is 6.10 Å². The van der Waals surface area contributed by atoms with Gasteiger partial charge in [-0.15, -0.1) is 0 Å². The number of hydrogen-bond donors (Lipinski definition) is 3. The van der Waals surface area contributed by atoms with Crippen LogP contribution >= 0.6 is 11.6 Å². The van der Waals surface area contributed by atoms with E-state index in [4.69, 9.17) is 21.7 Å². The molecule has 7 nitrogen and oxygen atoms in total. The number of nitrogens with zero attached hydrogens (tertiary/aromatic N) is 2. The number of carbonyl (C=O) groups is 1. The molecule has 1 fully saturated rings. The smallest absolute Gasteiger partial charge is 0.414 e. The summed E-state index contributed by atoms with van der Waals surface area (Å²) in [5, 5.41) is 14.0. The van der Waals surface area contributed by atoms with Gasteiger partial charge in [0.15, 0.2) is 0 Å². The van der Waals surface area contributed by atoms with Gasteiger partial charge >= 0.3 is 6.09 Å². The molecule has 0 spiro atoms. The molecule has 1 heterocycles. The van der Waals surface area contributed by atoms with E-state index in [1.165, 1.54) is 15.9 Å². The summed E-state index contributed by atoms with van der Waals surface area (Å²) in [7, 11) is 1.77. The molecule has 0 radical (unpaired) electrons. The molecule has 1 aromatic rings. The first-order chi connectivity index (χ1) is 12.5. The van der Waals surface area contributed by atoms with E-state index < -0.39 is 11.9 Å². The standard InChI is InChI=1S/C17H23ClFN5O2/c1-12(18)8-22-5-6-23(11-20)16-4-3-13(7-15(16)19)24-10-14(9-21-2)26-17(24)25/h3-4,7,11,14,20-22H,1,5-6,8-10H2,2H3. The lowest BCUT2D eigenvalue weighted by atomic mass is 10.2. The maximum Gasteiger partial charge on any atom is 0.414 e. The van der Waals surface area contributed by atoms with Crippen LogP contribution < -0.4 is 20.4 Å². The molecule has 1 amide bonds. The van der Waals surface area contributed by atoms with E-state index in [-0.39, 0.29) is 11.8 Å². The Hall–Kier alpha value is -2.16. The third kappa shape index (κ3) is 5.17. The Morgan fingerprint density at radius 2 is 2.38 bits per heavy atom. The Bertz CT molecular complexity index is 673. The normalized spacial score (nSPS) is 16.5. The van der Waals surface area contributed by atoms with Gasteiger partial charge in [0.05, 0.1) is 24.3 Å². The number of anilines is 2. The highest BCUT2D eigenvalue weighted by atomic mass is 35.5. The van der Waals surface area contributed by atoms with Crippen molar-refractivity contribution in [3.8, 4) is 0 Å². The molecule has 9 heteroatoms. The van der Waals surface area contributed by atoms with Gasteiger partial charge in [-0.25, -0.2) is 9.18 Å². The highest BCUT2D eigenvalue weighted by Gasteiger charge is 2.32. The summed E-state index contributed by atoms with van der Waals surface area (Å²) in [5.74, 6) is -0.516. The van der Waals surface area contributed by atoms with Gasteiger partial charge in [-0.1, -0.05) is 18.2 Å². The SMILES string of the molecule is C=C(Cl)CNCCN(C=N)c1ccc(N2CC(CNC)OC2=O)cc1F. The van der Waals surface area contributed by atoms with Crippen LogP contribution in [0.2, 0.25) is 0 Å². The first kappa shape index (κ1) is 20.2. The molecule has 0 bridgehead atoms. The minimum Gasteiger partial charge on any atom is -0.443 e. The van der Waals surface area contributed by atoms with Gasteiger partial charge < -0.3 is 20.3 Å². The third-order valence-electron chi connectivity index (χ3n) is 3.86. The van der Waals surface area contributed by atoms with Gasteiger partial charge in [0.1, 0.15) is 11.9 Å². The van der Waals surface area contributed by atoms with Crippen molar-refractivity contribution in [2.75, 3.05) is 49.6 Å². The minimum atomic E-state index is -0.516. The van der Waals surface area contributed by atoms with Crippen LogP contribution in [0.5, 0.6) is 0 Å². The zero-order valence-corrected chi connectivity index (χ0v) is 15.4. The first-order valence-electron chi connectivity index (χ1n) is 8.19. The molecule has 1 saturated heterocycles. The first-order valence-corrected chi connectivity index (χ1v) is 8.57. The van der Waals surface area contributed by atoms with Gasteiger partial charge in [0.25, 0.3) is 0 Å². The number of cyclic esters (lactones) is 1. The fraction of sp³-hybridized carbons (Fsp3) is 0.412. The predicted molar refractivity (Wildman–Crippen MR) is 102 cm³/mol. The van der Waals surface area contributed by atoms with Crippen molar-refractivity contribution in [3.63, 3.8) is 0 Å². The van der Waals surface area contributed by atoms with Crippen LogP contribution in [0.4, 0.5) is 20.6 Å². The second kappa shape index (κ2) is 9.51. The molecule has 2 rings (SSSR count). The fourth-order valence-corrected chi connectivity index (χ4v) is 2.74. The average Bonchev–Trinajstić information content (AvgIpc) is 2.96. The van der Waals surface area contributed by atoms with Crippen molar-refractivity contribution in [1.82, 2.24) is 10.6 Å². The second-order valence-electron chi connectivity index (χ2n) is 5.83. The van der Waals surface area contributed by atoms with Crippen molar-refractivity contribution < 1.29 is 13.9 Å². The number of rotatable bonds is 10. The summed E-state index contributed by atoms with van der Waals surface area (Å²) >= 11 is 5.67. The monoisotopic (exact) mass is 383 g/mol. The van der Waals surface area contributed by atoms with Crippen LogP contribution in [0.15, 0.2) is 29.8 Å². The van der Waals surface area contributed by atoms with Gasteiger partial charge in [-0.2, -0.15) is 0 Å². The van der Waals surface area contributed by atoms with Crippen LogP contribution in [0.3, 0.4) is 0 Å². The van der Waals surface area contributed by atoms with Gasteiger partial charge in [-0.3, -0.25) is 10.3 Å². The van der Waals surface area contributed by atoms with Crippen molar-refractivity contribution in [2.24, 2.45) is 0 Å². The molecule has 26 heavy (non-hydrogen) atoms. The van der Waals surface area contributed by atoms with Crippen LogP contribution in [0.25, 0.3) is 0 Å². The zero-order valence-electron chi connectivity index (χ0n) is 14.6. The number of hydrogen-bond acceptors (Lipinski definition) is 5. The Balaban J connectivity index is 2.04. The molecule has 1 aliphatic heterocycles. The van der Waals surface area contributed by atoms with Gasteiger partial charge in [0.2, 0.25) is 0 Å². The molecule has 1 aromatic carbocycles. The quantitative estimate of drug-likeness (QED) is 0.327. The predicted octanol–water partition coefficient (Wildman–Crippen LogP) is 2.13. The largest absolute Gasteiger partial charge is 0.443 e. The lowest BCUT2D eigenvalue weighted by molar-refractivity contribution is 0.141. The van der Waals surface area contributed by atoms with E-state index in [0.29, 0.717) is 43.4 Å². The summed E-state index contributed by atoms with van der Waals surface area (Å²) in [6, 6.07) is 4.48. The molecule has 1 aliphatic rings. The van der Waals surface area contributed by atoms with E-state index >= 15 is 0 Å². The molecule has 0 aliphatic carbocycles. The number of amides is 1. The second-order valence-corrected chi connectivity index (χ2v) is 6.36. The summed E-state index contributed by atoms with van der Waals surface area (Å²) in [4.78, 5) is 14.8. The maximum absolute atomic E-state index is 14.6. The highest BCUT2D eigenvalue weighted by Crippen LogP contribution is 2.27. The fourth-order valence-electron chi connectivity index (χ4n) is 2.64. The number of carbonyl (C=O) groups excluding carboxylic acids is 1. The molecule has 1 atom stereocenters. The van der Waals surface area contributed by atoms with E-state index in [0.717, 1.165) is 6.34 Å². The Morgan fingerprint density at radius 3 is 3.00 bits per heavy atom. The molecular weight excluding hydrogens is 361 g/mol. The van der Waals surface area contributed by atoms with Crippen molar-refractivity contribution in [3.05, 3.63) is 35.6 Å². The van der Waals surface area contributed by atoms with Crippen molar-refractivity contribution in [1.29, 1.82) is 5.41 Å². The molecular formula is C17H23ClFN5O2. The molecule has 0 aromatic heterocycles.